The number of aromatic nitrogens is 2. The Hall–Kier alpha value is -0.620. The molecule has 114 valence electrons. The maximum Gasteiger partial charge on any atom is 0.0860 e. The van der Waals surface area contributed by atoms with Crippen LogP contribution in [0.5, 0.6) is 0 Å². The van der Waals surface area contributed by atoms with Crippen molar-refractivity contribution in [3.8, 4) is 0 Å². The van der Waals surface area contributed by atoms with E-state index in [1.807, 2.05) is 11.6 Å². The Kier molecular flexibility index (Phi) is 5.43. The van der Waals surface area contributed by atoms with Crippen molar-refractivity contribution in [2.45, 2.75) is 33.0 Å². The molecule has 2 rings (SSSR count). The van der Waals surface area contributed by atoms with Gasteiger partial charge in [0.05, 0.1) is 16.4 Å². The van der Waals surface area contributed by atoms with E-state index in [2.05, 4.69) is 41.2 Å². The first kappa shape index (κ1) is 15.8. The summed E-state index contributed by atoms with van der Waals surface area (Å²) in [7, 11) is 4.39. The Bertz CT molecular complexity index is 445. The van der Waals surface area contributed by atoms with Crippen molar-refractivity contribution in [3.05, 3.63) is 16.4 Å². The minimum absolute atomic E-state index is 0.562. The molecule has 0 radical (unpaired) electrons. The SMILES string of the molecule is CCn1nc(C)c(Cl)c1CNCC1CN(C)CCN1C. The van der Waals surface area contributed by atoms with Gasteiger partial charge in [-0.2, -0.15) is 5.10 Å². The first-order valence-corrected chi connectivity index (χ1v) is 7.72. The summed E-state index contributed by atoms with van der Waals surface area (Å²) in [5.41, 5.74) is 2.01. The average molecular weight is 300 g/mol. The molecule has 1 fully saturated rings. The Labute approximate surface area is 126 Å². The van der Waals surface area contributed by atoms with Crippen LogP contribution in [0.2, 0.25) is 5.02 Å². The molecule has 2 heterocycles. The van der Waals surface area contributed by atoms with Crippen molar-refractivity contribution >= 4 is 11.6 Å². The summed E-state index contributed by atoms with van der Waals surface area (Å²) in [4.78, 5) is 4.82. The molecule has 1 aromatic heterocycles. The molecule has 1 unspecified atom stereocenters. The maximum atomic E-state index is 6.32. The van der Waals surface area contributed by atoms with Crippen LogP contribution in [-0.2, 0) is 13.1 Å². The third-order valence-electron chi connectivity index (χ3n) is 4.11. The Morgan fingerprint density at radius 2 is 2.10 bits per heavy atom. The van der Waals surface area contributed by atoms with Gasteiger partial charge >= 0.3 is 0 Å². The van der Waals surface area contributed by atoms with E-state index in [4.69, 9.17) is 11.6 Å². The maximum absolute atomic E-state index is 6.32. The van der Waals surface area contributed by atoms with Gasteiger partial charge in [0.15, 0.2) is 0 Å². The number of rotatable bonds is 5. The van der Waals surface area contributed by atoms with Crippen molar-refractivity contribution in [2.24, 2.45) is 0 Å². The Morgan fingerprint density at radius 3 is 2.80 bits per heavy atom. The van der Waals surface area contributed by atoms with Gasteiger partial charge in [-0.1, -0.05) is 11.6 Å². The van der Waals surface area contributed by atoms with Gasteiger partial charge in [0.1, 0.15) is 0 Å². The fourth-order valence-electron chi connectivity index (χ4n) is 2.72. The lowest BCUT2D eigenvalue weighted by Crippen LogP contribution is -2.53. The van der Waals surface area contributed by atoms with Gasteiger partial charge in [0, 0.05) is 45.3 Å². The molecule has 1 N–H and O–H groups in total. The summed E-state index contributed by atoms with van der Waals surface area (Å²) in [6, 6.07) is 0.562. The molecule has 1 aliphatic heterocycles. The predicted molar refractivity (Wildman–Crippen MR) is 83.3 cm³/mol. The lowest BCUT2D eigenvalue weighted by atomic mass is 10.2. The van der Waals surface area contributed by atoms with Crippen LogP contribution in [-0.4, -0.2) is 65.9 Å². The number of hydrogen-bond acceptors (Lipinski definition) is 4. The summed E-state index contributed by atoms with van der Waals surface area (Å²) in [5.74, 6) is 0. The summed E-state index contributed by atoms with van der Waals surface area (Å²) in [6.45, 7) is 10.1. The quantitative estimate of drug-likeness (QED) is 0.886. The van der Waals surface area contributed by atoms with Crippen LogP contribution in [0.1, 0.15) is 18.3 Å². The molecule has 5 nitrogen and oxygen atoms in total. The van der Waals surface area contributed by atoms with Gasteiger partial charge in [-0.3, -0.25) is 9.58 Å². The fourth-order valence-corrected chi connectivity index (χ4v) is 2.92. The first-order valence-electron chi connectivity index (χ1n) is 7.34. The average Bonchev–Trinajstić information content (AvgIpc) is 2.70. The van der Waals surface area contributed by atoms with Crippen LogP contribution in [0.4, 0.5) is 0 Å². The third-order valence-corrected chi connectivity index (χ3v) is 4.60. The van der Waals surface area contributed by atoms with Gasteiger partial charge in [-0.05, 0) is 27.9 Å². The third kappa shape index (κ3) is 3.52. The molecule has 1 atom stereocenters. The van der Waals surface area contributed by atoms with E-state index in [0.29, 0.717) is 6.04 Å². The number of likely N-dealkylation sites (N-methyl/N-ethyl adjacent to an activating group) is 2. The van der Waals surface area contributed by atoms with Gasteiger partial charge in [0.25, 0.3) is 0 Å². The molecule has 0 amide bonds. The van der Waals surface area contributed by atoms with Crippen molar-refractivity contribution in [3.63, 3.8) is 0 Å². The summed E-state index contributed by atoms with van der Waals surface area (Å²) >= 11 is 6.32. The van der Waals surface area contributed by atoms with Gasteiger partial charge in [0.2, 0.25) is 0 Å². The highest BCUT2D eigenvalue weighted by Crippen LogP contribution is 2.20. The van der Waals surface area contributed by atoms with Crippen LogP contribution >= 0.6 is 11.6 Å². The highest BCUT2D eigenvalue weighted by atomic mass is 35.5. The van der Waals surface area contributed by atoms with E-state index in [-0.39, 0.29) is 0 Å². The molecule has 20 heavy (non-hydrogen) atoms. The van der Waals surface area contributed by atoms with Crippen LogP contribution in [0.15, 0.2) is 0 Å². The van der Waals surface area contributed by atoms with E-state index < -0.39 is 0 Å². The van der Waals surface area contributed by atoms with Crippen LogP contribution in [0.25, 0.3) is 0 Å². The molecular weight excluding hydrogens is 274 g/mol. The van der Waals surface area contributed by atoms with Crippen molar-refractivity contribution in [1.29, 1.82) is 0 Å². The Balaban J connectivity index is 1.89. The van der Waals surface area contributed by atoms with Crippen LogP contribution < -0.4 is 5.32 Å². The molecule has 0 spiro atoms. The van der Waals surface area contributed by atoms with E-state index in [0.717, 1.165) is 55.7 Å². The molecule has 0 saturated carbocycles. The number of aryl methyl sites for hydroxylation is 2. The van der Waals surface area contributed by atoms with E-state index in [1.54, 1.807) is 0 Å². The van der Waals surface area contributed by atoms with Gasteiger partial charge in [-0.15, -0.1) is 0 Å². The highest BCUT2D eigenvalue weighted by Gasteiger charge is 2.22. The van der Waals surface area contributed by atoms with Gasteiger partial charge < -0.3 is 10.2 Å². The van der Waals surface area contributed by atoms with E-state index >= 15 is 0 Å². The highest BCUT2D eigenvalue weighted by molar-refractivity contribution is 6.31. The molecule has 6 heteroatoms. The standard InChI is InChI=1S/C14H26ClN5/c1-5-20-13(14(15)11(2)17-20)9-16-8-12-10-18(3)6-7-19(12)4/h12,16H,5-10H2,1-4H3. The second-order valence-corrected chi connectivity index (χ2v) is 6.07. The molecule has 0 aliphatic carbocycles. The number of piperazine rings is 1. The minimum atomic E-state index is 0.562. The normalized spacial score (nSPS) is 21.6. The minimum Gasteiger partial charge on any atom is -0.310 e. The lowest BCUT2D eigenvalue weighted by molar-refractivity contribution is 0.113. The zero-order valence-corrected chi connectivity index (χ0v) is 13.7. The van der Waals surface area contributed by atoms with E-state index in [9.17, 15) is 0 Å². The number of nitrogens with one attached hydrogen (secondary N) is 1. The van der Waals surface area contributed by atoms with Crippen molar-refractivity contribution in [2.75, 3.05) is 40.3 Å². The summed E-state index contributed by atoms with van der Waals surface area (Å²) in [6.07, 6.45) is 0. The summed E-state index contributed by atoms with van der Waals surface area (Å²) in [5, 5.41) is 8.78. The molecule has 0 bridgehead atoms. The fraction of sp³-hybridized carbons (Fsp3) is 0.786. The molecule has 0 aromatic carbocycles. The lowest BCUT2D eigenvalue weighted by Gasteiger charge is -2.37. The second kappa shape index (κ2) is 6.89. The Morgan fingerprint density at radius 1 is 1.35 bits per heavy atom. The zero-order valence-electron chi connectivity index (χ0n) is 13.0. The van der Waals surface area contributed by atoms with Crippen molar-refractivity contribution in [1.82, 2.24) is 24.9 Å². The van der Waals surface area contributed by atoms with Gasteiger partial charge in [-0.25, -0.2) is 0 Å². The largest absolute Gasteiger partial charge is 0.310 e. The topological polar surface area (TPSA) is 36.3 Å². The molecule has 1 aliphatic rings. The van der Waals surface area contributed by atoms with Crippen LogP contribution in [0.3, 0.4) is 0 Å². The summed E-state index contributed by atoms with van der Waals surface area (Å²) < 4.78 is 1.99. The molecular formula is C14H26ClN5. The monoisotopic (exact) mass is 299 g/mol. The molecule has 1 aromatic rings. The zero-order chi connectivity index (χ0) is 14.7. The predicted octanol–water partition coefficient (Wildman–Crippen LogP) is 1.20. The number of nitrogens with zero attached hydrogens (tertiary/aromatic N) is 4. The van der Waals surface area contributed by atoms with Crippen LogP contribution in [0, 0.1) is 6.92 Å². The number of hydrogen-bond donors (Lipinski definition) is 1. The second-order valence-electron chi connectivity index (χ2n) is 5.69. The van der Waals surface area contributed by atoms with Crippen molar-refractivity contribution < 1.29 is 0 Å². The number of halogens is 1. The smallest absolute Gasteiger partial charge is 0.0860 e. The molecule has 1 saturated heterocycles. The van der Waals surface area contributed by atoms with E-state index in [1.165, 1.54) is 0 Å². The first-order chi connectivity index (χ1) is 9.52.